The summed E-state index contributed by atoms with van der Waals surface area (Å²) in [6, 6.07) is 7.44. The largest absolute Gasteiger partial charge is 0.368 e. The number of aromatic amines is 1. The quantitative estimate of drug-likeness (QED) is 0.481. The molecule has 0 aliphatic heterocycles. The molecule has 1 aromatic carbocycles. The topological polar surface area (TPSA) is 105 Å². The number of nitrogens with one attached hydrogen (secondary N) is 3. The normalized spacial score (nSPS) is 9.92. The average molecular weight is 391 g/mol. The Morgan fingerprint density at radius 3 is 2.75 bits per heavy atom. The molecule has 130 valence electrons. The number of hydrogen-bond donors (Lipinski definition) is 4. The van der Waals surface area contributed by atoms with E-state index < -0.39 is 0 Å². The van der Waals surface area contributed by atoms with Crippen molar-refractivity contribution in [2.24, 2.45) is 5.73 Å². The van der Waals surface area contributed by atoms with Crippen molar-refractivity contribution in [3.05, 3.63) is 35.6 Å². The van der Waals surface area contributed by atoms with E-state index in [0.717, 1.165) is 24.0 Å². The van der Waals surface area contributed by atoms with Gasteiger partial charge in [0.1, 0.15) is 17.5 Å². The zero-order chi connectivity index (χ0) is 15.4. The number of anilines is 3. The Morgan fingerprint density at radius 1 is 1.17 bits per heavy atom. The molecule has 0 aliphatic carbocycles. The van der Waals surface area contributed by atoms with Crippen LogP contribution >= 0.6 is 36.4 Å². The van der Waals surface area contributed by atoms with Crippen molar-refractivity contribution in [1.82, 2.24) is 20.2 Å². The zero-order valence-electron chi connectivity index (χ0n) is 12.6. The van der Waals surface area contributed by atoms with E-state index in [1.807, 2.05) is 24.3 Å². The summed E-state index contributed by atoms with van der Waals surface area (Å²) in [4.78, 5) is 8.49. The Balaban J connectivity index is 0.00000144. The first-order chi connectivity index (χ1) is 10.8. The van der Waals surface area contributed by atoms with E-state index in [-0.39, 0.29) is 24.8 Å². The van der Waals surface area contributed by atoms with Gasteiger partial charge in [-0.2, -0.15) is 5.10 Å². The lowest BCUT2D eigenvalue weighted by molar-refractivity contribution is 0.869. The maximum Gasteiger partial charge on any atom is 0.162 e. The molecule has 0 spiro atoms. The molecule has 3 rings (SSSR count). The van der Waals surface area contributed by atoms with Crippen LogP contribution in [-0.2, 0) is 0 Å². The van der Waals surface area contributed by atoms with Gasteiger partial charge in [-0.15, -0.1) is 24.8 Å². The summed E-state index contributed by atoms with van der Waals surface area (Å²) in [5, 5.41) is 15.1. The molecule has 10 heteroatoms. The fourth-order valence-corrected chi connectivity index (χ4v) is 2.28. The molecule has 7 nitrogen and oxygen atoms in total. The van der Waals surface area contributed by atoms with Crippen LogP contribution in [0.1, 0.15) is 6.42 Å². The fourth-order valence-electron chi connectivity index (χ4n) is 2.09. The number of nitrogens with zero attached hydrogens (tertiary/aromatic N) is 3. The van der Waals surface area contributed by atoms with Crippen molar-refractivity contribution < 1.29 is 0 Å². The Bertz CT molecular complexity index is 778. The monoisotopic (exact) mass is 389 g/mol. The number of fused-ring (bicyclic) bond motifs is 1. The summed E-state index contributed by atoms with van der Waals surface area (Å²) in [5.74, 6) is 1.37. The molecule has 0 fully saturated rings. The molecule has 5 N–H and O–H groups in total. The molecule has 0 unspecified atom stereocenters. The van der Waals surface area contributed by atoms with Gasteiger partial charge in [0.2, 0.25) is 0 Å². The molecule has 2 aromatic heterocycles. The van der Waals surface area contributed by atoms with E-state index in [4.69, 9.17) is 17.3 Å². The minimum atomic E-state index is 0. The molecular weight excluding hydrogens is 373 g/mol. The van der Waals surface area contributed by atoms with E-state index in [1.165, 1.54) is 6.33 Å². The van der Waals surface area contributed by atoms with Gasteiger partial charge < -0.3 is 16.4 Å². The third kappa shape index (κ3) is 4.61. The summed E-state index contributed by atoms with van der Waals surface area (Å²) < 4.78 is 0. The van der Waals surface area contributed by atoms with E-state index in [1.54, 1.807) is 0 Å². The summed E-state index contributed by atoms with van der Waals surface area (Å²) in [6.45, 7) is 1.36. The highest BCUT2D eigenvalue weighted by Gasteiger charge is 2.12. The van der Waals surface area contributed by atoms with Gasteiger partial charge in [0.25, 0.3) is 0 Å². The van der Waals surface area contributed by atoms with Crippen LogP contribution in [0.15, 0.2) is 30.6 Å². The number of halogens is 3. The van der Waals surface area contributed by atoms with E-state index in [9.17, 15) is 0 Å². The molecule has 0 aliphatic rings. The number of aromatic nitrogens is 4. The average Bonchev–Trinajstić information content (AvgIpc) is 2.92. The van der Waals surface area contributed by atoms with Crippen LogP contribution < -0.4 is 16.4 Å². The zero-order valence-corrected chi connectivity index (χ0v) is 15.0. The van der Waals surface area contributed by atoms with E-state index >= 15 is 0 Å². The number of benzene rings is 1. The highest BCUT2D eigenvalue weighted by atomic mass is 35.5. The van der Waals surface area contributed by atoms with Gasteiger partial charge in [0.05, 0.1) is 0 Å². The predicted octanol–water partition coefficient (Wildman–Crippen LogP) is 3.35. The van der Waals surface area contributed by atoms with Crippen LogP contribution in [0.3, 0.4) is 0 Å². The fraction of sp³-hybridized carbons (Fsp3) is 0.214. The lowest BCUT2D eigenvalue weighted by Crippen LogP contribution is -2.09. The van der Waals surface area contributed by atoms with Gasteiger partial charge in [0.15, 0.2) is 11.5 Å². The molecule has 2 heterocycles. The van der Waals surface area contributed by atoms with E-state index in [2.05, 4.69) is 30.8 Å². The lowest BCUT2D eigenvalue weighted by atomic mass is 10.3. The number of rotatable bonds is 6. The molecule has 0 saturated carbocycles. The van der Waals surface area contributed by atoms with Gasteiger partial charge in [-0.25, -0.2) is 9.97 Å². The van der Waals surface area contributed by atoms with Gasteiger partial charge in [-0.3, -0.25) is 5.10 Å². The molecular formula is C14H18Cl3N7. The van der Waals surface area contributed by atoms with Crippen molar-refractivity contribution in [3.63, 3.8) is 0 Å². The van der Waals surface area contributed by atoms with E-state index in [0.29, 0.717) is 28.9 Å². The molecule has 3 aromatic rings. The third-order valence-corrected chi connectivity index (χ3v) is 3.35. The minimum absolute atomic E-state index is 0. The maximum atomic E-state index is 6.01. The molecule has 24 heavy (non-hydrogen) atoms. The van der Waals surface area contributed by atoms with Crippen LogP contribution in [0.25, 0.3) is 11.0 Å². The lowest BCUT2D eigenvalue weighted by Gasteiger charge is -2.08. The van der Waals surface area contributed by atoms with Crippen molar-refractivity contribution >= 4 is 64.8 Å². The summed E-state index contributed by atoms with van der Waals surface area (Å²) in [7, 11) is 0. The SMILES string of the molecule is Cl.Cl.NCCCNc1n[nH]c2ncnc(Nc3cccc(Cl)c3)c12. The second kappa shape index (κ2) is 9.48. The van der Waals surface area contributed by atoms with Gasteiger partial charge in [-0.05, 0) is 31.2 Å². The molecule has 0 bridgehead atoms. The highest BCUT2D eigenvalue weighted by molar-refractivity contribution is 6.30. The second-order valence-electron chi connectivity index (χ2n) is 4.72. The van der Waals surface area contributed by atoms with Gasteiger partial charge in [-0.1, -0.05) is 17.7 Å². The van der Waals surface area contributed by atoms with Crippen LogP contribution in [0.2, 0.25) is 5.02 Å². The van der Waals surface area contributed by atoms with Crippen LogP contribution in [0.4, 0.5) is 17.3 Å². The number of H-pyrrole nitrogens is 1. The van der Waals surface area contributed by atoms with Crippen molar-refractivity contribution in [2.75, 3.05) is 23.7 Å². The highest BCUT2D eigenvalue weighted by Crippen LogP contribution is 2.28. The Labute approximate surface area is 156 Å². The number of hydrogen-bond acceptors (Lipinski definition) is 6. The molecule has 0 saturated heterocycles. The van der Waals surface area contributed by atoms with Crippen LogP contribution in [0.5, 0.6) is 0 Å². The molecule has 0 radical (unpaired) electrons. The number of nitrogens with two attached hydrogens (primary N) is 1. The Kier molecular flexibility index (Phi) is 8.00. The first-order valence-electron chi connectivity index (χ1n) is 6.93. The first kappa shape index (κ1) is 20.2. The summed E-state index contributed by atoms with van der Waals surface area (Å²) in [5.41, 5.74) is 7.02. The molecule has 0 amide bonds. The smallest absolute Gasteiger partial charge is 0.162 e. The second-order valence-corrected chi connectivity index (χ2v) is 5.16. The Hall–Kier alpha value is -1.80. The van der Waals surface area contributed by atoms with Crippen molar-refractivity contribution in [2.45, 2.75) is 6.42 Å². The van der Waals surface area contributed by atoms with Crippen molar-refractivity contribution in [1.29, 1.82) is 0 Å². The van der Waals surface area contributed by atoms with Gasteiger partial charge in [0, 0.05) is 17.3 Å². The van der Waals surface area contributed by atoms with Crippen molar-refractivity contribution in [3.8, 4) is 0 Å². The Morgan fingerprint density at radius 2 is 2.00 bits per heavy atom. The van der Waals surface area contributed by atoms with Crippen LogP contribution in [0, 0.1) is 0 Å². The maximum absolute atomic E-state index is 6.01. The minimum Gasteiger partial charge on any atom is -0.368 e. The standard InChI is InChI=1S/C14H16ClN7.2ClH/c15-9-3-1-4-10(7-9)20-12-11-13(17-6-2-5-16)21-22-14(11)19-8-18-12;;/h1,3-4,7-8H,2,5-6,16H2,(H3,17,18,19,20,21,22);2*1H. The first-order valence-corrected chi connectivity index (χ1v) is 7.31. The summed E-state index contributed by atoms with van der Waals surface area (Å²) in [6.07, 6.45) is 2.34. The third-order valence-electron chi connectivity index (χ3n) is 3.12. The predicted molar refractivity (Wildman–Crippen MR) is 103 cm³/mol. The summed E-state index contributed by atoms with van der Waals surface area (Å²) >= 11 is 6.01. The van der Waals surface area contributed by atoms with Crippen LogP contribution in [-0.4, -0.2) is 33.3 Å². The van der Waals surface area contributed by atoms with Gasteiger partial charge >= 0.3 is 0 Å². The molecule has 0 atom stereocenters.